The van der Waals surface area contributed by atoms with Crippen LogP contribution in [0, 0.1) is 10.1 Å². The van der Waals surface area contributed by atoms with E-state index in [1.165, 1.54) is 25.3 Å². The molecule has 2 aromatic carbocycles. The molecule has 0 amide bonds. The Labute approximate surface area is 145 Å². The number of halogens is 2. The molecule has 0 unspecified atom stereocenters. The van der Waals surface area contributed by atoms with Crippen molar-refractivity contribution >= 4 is 39.2 Å². The van der Waals surface area contributed by atoms with Gasteiger partial charge in [0.05, 0.1) is 27.1 Å². The highest BCUT2D eigenvalue weighted by atomic mass is 79.9. The van der Waals surface area contributed by atoms with E-state index in [1.54, 1.807) is 18.2 Å². The average Bonchev–Trinajstić information content (AvgIpc) is 2.53. The second-order valence-corrected chi connectivity index (χ2v) is 5.73. The van der Waals surface area contributed by atoms with Gasteiger partial charge in [0, 0.05) is 12.1 Å². The van der Waals surface area contributed by atoms with Gasteiger partial charge in [-0.05, 0) is 45.8 Å². The molecule has 0 N–H and O–H groups in total. The Morgan fingerprint density at radius 1 is 1.30 bits per heavy atom. The molecule has 0 fully saturated rings. The highest BCUT2D eigenvalue weighted by Gasteiger charge is 2.14. The fourth-order valence-electron chi connectivity index (χ4n) is 1.80. The second-order valence-electron chi connectivity index (χ2n) is 4.47. The van der Waals surface area contributed by atoms with Gasteiger partial charge in [-0.15, -0.1) is 0 Å². The molecule has 23 heavy (non-hydrogen) atoms. The van der Waals surface area contributed by atoms with E-state index < -0.39 is 10.9 Å². The van der Waals surface area contributed by atoms with Crippen LogP contribution in [0.3, 0.4) is 0 Å². The number of ether oxygens (including phenoxy) is 2. The third kappa shape index (κ3) is 4.20. The van der Waals surface area contributed by atoms with Crippen LogP contribution < -0.4 is 4.74 Å². The minimum Gasteiger partial charge on any atom is -0.486 e. The van der Waals surface area contributed by atoms with Crippen LogP contribution in [0.5, 0.6) is 5.75 Å². The van der Waals surface area contributed by atoms with Crippen LogP contribution in [0.2, 0.25) is 5.02 Å². The summed E-state index contributed by atoms with van der Waals surface area (Å²) in [4.78, 5) is 21.6. The lowest BCUT2D eigenvalue weighted by Gasteiger charge is -2.11. The standard InChI is InChI=1S/C15H11BrClNO5/c1-22-15(19)10-6-12(16)14(13(17)7-10)23-8-9-2-4-11(5-3-9)18(20)21/h2-7H,8H2,1H3. The van der Waals surface area contributed by atoms with E-state index in [2.05, 4.69) is 20.7 Å². The number of methoxy groups -OCH3 is 1. The fraction of sp³-hybridized carbons (Fsp3) is 0.133. The number of non-ortho nitro benzene ring substituents is 1. The molecule has 2 rings (SSSR count). The van der Waals surface area contributed by atoms with Crippen LogP contribution >= 0.6 is 27.5 Å². The maximum absolute atomic E-state index is 11.5. The molecule has 0 aliphatic carbocycles. The number of rotatable bonds is 5. The number of hydrogen-bond acceptors (Lipinski definition) is 5. The molecule has 0 aromatic heterocycles. The van der Waals surface area contributed by atoms with Crippen molar-refractivity contribution in [2.75, 3.05) is 7.11 Å². The average molecular weight is 401 g/mol. The molecule has 0 aliphatic heterocycles. The highest BCUT2D eigenvalue weighted by Crippen LogP contribution is 2.35. The van der Waals surface area contributed by atoms with Crippen LogP contribution in [-0.2, 0) is 11.3 Å². The Morgan fingerprint density at radius 2 is 1.96 bits per heavy atom. The lowest BCUT2D eigenvalue weighted by Crippen LogP contribution is -2.03. The summed E-state index contributed by atoms with van der Waals surface area (Å²) >= 11 is 9.41. The van der Waals surface area contributed by atoms with Crippen molar-refractivity contribution < 1.29 is 19.2 Å². The second kappa shape index (κ2) is 7.43. The van der Waals surface area contributed by atoms with Gasteiger partial charge in [0.1, 0.15) is 6.61 Å². The molecule has 6 nitrogen and oxygen atoms in total. The Bertz CT molecular complexity index is 725. The van der Waals surface area contributed by atoms with Crippen molar-refractivity contribution in [3.05, 3.63) is 67.1 Å². The third-order valence-electron chi connectivity index (χ3n) is 2.95. The van der Waals surface area contributed by atoms with Crippen molar-refractivity contribution in [3.63, 3.8) is 0 Å². The Kier molecular flexibility index (Phi) is 5.57. The van der Waals surface area contributed by atoms with Crippen molar-refractivity contribution in [3.8, 4) is 5.75 Å². The molecule has 0 saturated heterocycles. The van der Waals surface area contributed by atoms with E-state index in [1.807, 2.05) is 0 Å². The smallest absolute Gasteiger partial charge is 0.337 e. The summed E-state index contributed by atoms with van der Waals surface area (Å²) in [6, 6.07) is 8.99. The van der Waals surface area contributed by atoms with Crippen molar-refractivity contribution in [1.82, 2.24) is 0 Å². The molecule has 8 heteroatoms. The first kappa shape index (κ1) is 17.2. The van der Waals surface area contributed by atoms with E-state index >= 15 is 0 Å². The van der Waals surface area contributed by atoms with E-state index in [-0.39, 0.29) is 17.3 Å². The molecule has 0 saturated carbocycles. The fourth-order valence-corrected chi connectivity index (χ4v) is 2.77. The number of nitrogens with zero attached hydrogens (tertiary/aromatic N) is 1. The predicted octanol–water partition coefficient (Wildman–Crippen LogP) is 4.38. The maximum atomic E-state index is 11.5. The van der Waals surface area contributed by atoms with Crippen LogP contribution in [0.4, 0.5) is 5.69 Å². The summed E-state index contributed by atoms with van der Waals surface area (Å²) in [5, 5.41) is 10.9. The van der Waals surface area contributed by atoms with Crippen LogP contribution in [0.25, 0.3) is 0 Å². The first-order chi connectivity index (χ1) is 10.9. The Morgan fingerprint density at radius 3 is 2.48 bits per heavy atom. The zero-order valence-corrected chi connectivity index (χ0v) is 14.3. The van der Waals surface area contributed by atoms with Crippen LogP contribution in [0.1, 0.15) is 15.9 Å². The van der Waals surface area contributed by atoms with E-state index in [9.17, 15) is 14.9 Å². The maximum Gasteiger partial charge on any atom is 0.337 e. The molecule has 2 aromatic rings. The lowest BCUT2D eigenvalue weighted by molar-refractivity contribution is -0.384. The summed E-state index contributed by atoms with van der Waals surface area (Å²) in [5.41, 5.74) is 1.05. The Hall–Kier alpha value is -2.12. The molecule has 0 radical (unpaired) electrons. The van der Waals surface area contributed by atoms with Gasteiger partial charge in [0.2, 0.25) is 0 Å². The molecular weight excluding hydrogens is 390 g/mol. The van der Waals surface area contributed by atoms with Gasteiger partial charge in [-0.2, -0.15) is 0 Å². The van der Waals surface area contributed by atoms with Gasteiger partial charge in [0.25, 0.3) is 5.69 Å². The van der Waals surface area contributed by atoms with Crippen molar-refractivity contribution in [1.29, 1.82) is 0 Å². The molecule has 0 spiro atoms. The minimum atomic E-state index is -0.505. The topological polar surface area (TPSA) is 78.7 Å². The first-order valence-corrected chi connectivity index (χ1v) is 7.53. The number of hydrogen-bond donors (Lipinski definition) is 0. The monoisotopic (exact) mass is 399 g/mol. The van der Waals surface area contributed by atoms with E-state index in [0.29, 0.717) is 15.8 Å². The van der Waals surface area contributed by atoms with Gasteiger partial charge in [0.15, 0.2) is 5.75 Å². The SMILES string of the molecule is COC(=O)c1cc(Cl)c(OCc2ccc([N+](=O)[O-])cc2)c(Br)c1. The molecule has 0 heterocycles. The number of nitro benzene ring substituents is 1. The molecule has 0 aliphatic rings. The van der Waals surface area contributed by atoms with Gasteiger partial charge >= 0.3 is 5.97 Å². The molecule has 120 valence electrons. The summed E-state index contributed by atoms with van der Waals surface area (Å²) in [6.07, 6.45) is 0. The number of carbonyl (C=O) groups excluding carboxylic acids is 1. The summed E-state index contributed by atoms with van der Waals surface area (Å²) in [7, 11) is 1.28. The van der Waals surface area contributed by atoms with Crippen LogP contribution in [0.15, 0.2) is 40.9 Å². The molecular formula is C15H11BrClNO5. The van der Waals surface area contributed by atoms with E-state index in [0.717, 1.165) is 5.56 Å². The third-order valence-corrected chi connectivity index (χ3v) is 3.82. The zero-order chi connectivity index (χ0) is 17.0. The van der Waals surface area contributed by atoms with Gasteiger partial charge in [-0.3, -0.25) is 10.1 Å². The normalized spacial score (nSPS) is 10.2. The predicted molar refractivity (Wildman–Crippen MR) is 87.9 cm³/mol. The number of esters is 1. The molecule has 0 bridgehead atoms. The lowest BCUT2D eigenvalue weighted by atomic mass is 10.2. The van der Waals surface area contributed by atoms with Gasteiger partial charge in [-0.25, -0.2) is 4.79 Å². The minimum absolute atomic E-state index is 0.00962. The number of nitro groups is 1. The van der Waals surface area contributed by atoms with Gasteiger partial charge in [-0.1, -0.05) is 11.6 Å². The van der Waals surface area contributed by atoms with Crippen molar-refractivity contribution in [2.45, 2.75) is 6.61 Å². The summed E-state index contributed by atoms with van der Waals surface area (Å²) in [5.74, 6) is -0.132. The summed E-state index contributed by atoms with van der Waals surface area (Å²) in [6.45, 7) is 0.174. The quantitative estimate of drug-likeness (QED) is 0.423. The van der Waals surface area contributed by atoms with E-state index in [4.69, 9.17) is 16.3 Å². The van der Waals surface area contributed by atoms with Crippen LogP contribution in [-0.4, -0.2) is 18.0 Å². The van der Waals surface area contributed by atoms with Crippen molar-refractivity contribution in [2.24, 2.45) is 0 Å². The zero-order valence-electron chi connectivity index (χ0n) is 11.9. The molecule has 0 atom stereocenters. The largest absolute Gasteiger partial charge is 0.486 e. The van der Waals surface area contributed by atoms with Gasteiger partial charge < -0.3 is 9.47 Å². The Balaban J connectivity index is 2.14. The number of carbonyl (C=O) groups is 1. The first-order valence-electron chi connectivity index (χ1n) is 6.36. The highest BCUT2D eigenvalue weighted by molar-refractivity contribution is 9.10. The number of benzene rings is 2. The summed E-state index contributed by atoms with van der Waals surface area (Å²) < 4.78 is 10.8.